The minimum absolute atomic E-state index is 0.0592. The van der Waals surface area contributed by atoms with E-state index in [9.17, 15) is 19.2 Å². The highest BCUT2D eigenvalue weighted by Crippen LogP contribution is 2.36. The molecule has 0 saturated carbocycles. The third-order valence-electron chi connectivity index (χ3n) is 7.91. The van der Waals surface area contributed by atoms with E-state index < -0.39 is 12.1 Å². The van der Waals surface area contributed by atoms with Gasteiger partial charge in [0, 0.05) is 11.1 Å². The zero-order valence-electron chi connectivity index (χ0n) is 24.2. The minimum atomic E-state index is -1.00. The van der Waals surface area contributed by atoms with E-state index in [-0.39, 0.29) is 36.6 Å². The van der Waals surface area contributed by atoms with Crippen molar-refractivity contribution in [3.05, 3.63) is 107 Å². The summed E-state index contributed by atoms with van der Waals surface area (Å²) in [6, 6.07) is 24.4. The topological polar surface area (TPSA) is 98.8 Å². The van der Waals surface area contributed by atoms with Crippen LogP contribution in [-0.2, 0) is 16.1 Å². The summed E-state index contributed by atoms with van der Waals surface area (Å²) < 4.78 is 0. The van der Waals surface area contributed by atoms with Gasteiger partial charge in [0.05, 0.1) is 30.5 Å². The van der Waals surface area contributed by atoms with Crippen molar-refractivity contribution in [3.63, 3.8) is 0 Å². The number of rotatable bonds is 7. The van der Waals surface area contributed by atoms with Gasteiger partial charge in [0.15, 0.2) is 5.78 Å². The summed E-state index contributed by atoms with van der Waals surface area (Å²) in [5, 5.41) is 7.90. The molecule has 2 atom stereocenters. The third-order valence-corrected chi connectivity index (χ3v) is 7.91. The Hall–Kier alpha value is -4.82. The van der Waals surface area contributed by atoms with E-state index in [1.165, 1.54) is 6.92 Å². The summed E-state index contributed by atoms with van der Waals surface area (Å²) in [5.41, 5.74) is 4.02. The molecule has 4 aromatic carbocycles. The van der Waals surface area contributed by atoms with Crippen LogP contribution in [0.3, 0.4) is 0 Å². The predicted octanol–water partition coefficient (Wildman–Crippen LogP) is 4.64. The number of nitrogens with one attached hydrogen (secondary N) is 2. The molecule has 42 heavy (non-hydrogen) atoms. The average molecular weight is 563 g/mol. The summed E-state index contributed by atoms with van der Waals surface area (Å²) >= 11 is 0. The van der Waals surface area contributed by atoms with Gasteiger partial charge in [-0.2, -0.15) is 0 Å². The number of anilines is 2. The maximum absolute atomic E-state index is 14.3. The van der Waals surface area contributed by atoms with Crippen molar-refractivity contribution in [2.45, 2.75) is 39.4 Å². The maximum Gasteiger partial charge on any atom is 0.258 e. The molecule has 0 bridgehead atoms. The summed E-state index contributed by atoms with van der Waals surface area (Å²) in [6.45, 7) is 5.40. The zero-order valence-corrected chi connectivity index (χ0v) is 24.2. The first-order valence-electron chi connectivity index (χ1n) is 14.0. The van der Waals surface area contributed by atoms with E-state index in [2.05, 4.69) is 16.7 Å². The predicted molar refractivity (Wildman–Crippen MR) is 165 cm³/mol. The van der Waals surface area contributed by atoms with Gasteiger partial charge in [-0.05, 0) is 74.0 Å². The van der Waals surface area contributed by atoms with E-state index >= 15 is 0 Å². The quantitative estimate of drug-likeness (QED) is 0.320. The number of aryl methyl sites for hydroxylation is 1. The number of hydrogen-bond acceptors (Lipinski definition) is 5. The second-order valence-corrected chi connectivity index (χ2v) is 10.6. The minimum Gasteiger partial charge on any atom is -0.341 e. The second kappa shape index (κ2) is 12.0. The molecule has 4 aromatic rings. The highest BCUT2D eigenvalue weighted by molar-refractivity contribution is 6.13. The summed E-state index contributed by atoms with van der Waals surface area (Å²) in [4.78, 5) is 56.4. The lowest BCUT2D eigenvalue weighted by Gasteiger charge is -2.27. The van der Waals surface area contributed by atoms with Gasteiger partial charge in [0.2, 0.25) is 5.91 Å². The second-order valence-electron chi connectivity index (χ2n) is 10.6. The lowest BCUT2D eigenvalue weighted by atomic mass is 9.99. The average Bonchev–Trinajstić information content (AvgIpc) is 3.12. The number of likely N-dealkylation sites (N-methyl/N-ethyl adjacent to an activating group) is 1. The molecule has 0 fully saturated rings. The molecule has 8 heteroatoms. The van der Waals surface area contributed by atoms with Crippen molar-refractivity contribution in [2.75, 3.05) is 23.4 Å². The smallest absolute Gasteiger partial charge is 0.258 e. The molecule has 1 heterocycles. The van der Waals surface area contributed by atoms with Crippen molar-refractivity contribution in [1.29, 1.82) is 0 Å². The molecule has 1 aliphatic rings. The normalized spacial score (nSPS) is 15.6. The third kappa shape index (κ3) is 5.53. The molecule has 2 N–H and O–H groups in total. The number of para-hydroxylation sites is 2. The fourth-order valence-electron chi connectivity index (χ4n) is 5.29. The zero-order chi connectivity index (χ0) is 30.0. The lowest BCUT2D eigenvalue weighted by molar-refractivity contribution is -0.128. The van der Waals surface area contributed by atoms with Gasteiger partial charge in [0.25, 0.3) is 11.8 Å². The van der Waals surface area contributed by atoms with Crippen LogP contribution in [0, 0.1) is 6.92 Å². The van der Waals surface area contributed by atoms with Gasteiger partial charge in [-0.15, -0.1) is 0 Å². The molecule has 0 radical (unpaired) electrons. The molecular weight excluding hydrogens is 528 g/mol. The molecular formula is C34H34N4O4. The first kappa shape index (κ1) is 28.7. The van der Waals surface area contributed by atoms with Gasteiger partial charge in [-0.25, -0.2) is 0 Å². The molecule has 0 aromatic heterocycles. The van der Waals surface area contributed by atoms with Crippen LogP contribution in [0.2, 0.25) is 0 Å². The van der Waals surface area contributed by atoms with E-state index in [4.69, 9.17) is 0 Å². The Morgan fingerprint density at radius 1 is 0.881 bits per heavy atom. The fourth-order valence-corrected chi connectivity index (χ4v) is 5.29. The fraction of sp³-hybridized carbons (Fsp3) is 0.235. The SMILES string of the molecule is CN[C@H](C)C(=O)N[C@H]1CN(C(=O)c2ccc(C(C)=O)cc2)c2ccccc2N(Cc2c(C)ccc3ccccc23)C1=O. The Morgan fingerprint density at radius 3 is 2.21 bits per heavy atom. The number of nitrogens with zero attached hydrogens (tertiary/aromatic N) is 2. The standard InChI is InChI=1S/C34H34N4O4/c1-21-13-14-25-9-5-6-10-27(25)28(21)19-37-30-11-7-8-12-31(30)38(20-29(34(37)42)36-32(40)22(2)35-4)33(41)26-17-15-24(16-18-26)23(3)39/h5-18,22,29,35H,19-20H2,1-4H3,(H,36,40)/t22-,29+/m1/s1. The highest BCUT2D eigenvalue weighted by Gasteiger charge is 2.38. The largest absolute Gasteiger partial charge is 0.341 e. The number of amides is 3. The Morgan fingerprint density at radius 2 is 1.52 bits per heavy atom. The number of hydrogen-bond donors (Lipinski definition) is 2. The highest BCUT2D eigenvalue weighted by atomic mass is 16.2. The van der Waals surface area contributed by atoms with Crippen LogP contribution in [0.15, 0.2) is 84.9 Å². The summed E-state index contributed by atoms with van der Waals surface area (Å²) in [5.74, 6) is -1.09. The van der Waals surface area contributed by atoms with Crippen LogP contribution in [0.4, 0.5) is 11.4 Å². The maximum atomic E-state index is 14.3. The monoisotopic (exact) mass is 562 g/mol. The van der Waals surface area contributed by atoms with Gasteiger partial charge >= 0.3 is 0 Å². The van der Waals surface area contributed by atoms with E-state index in [1.807, 2.05) is 61.5 Å². The van der Waals surface area contributed by atoms with Crippen molar-refractivity contribution in [2.24, 2.45) is 0 Å². The van der Waals surface area contributed by atoms with Crippen LogP contribution in [0.5, 0.6) is 0 Å². The number of Topliss-reactive ketones (excluding diaryl/α,β-unsaturated/α-hetero) is 1. The Bertz CT molecular complexity index is 1680. The lowest BCUT2D eigenvalue weighted by Crippen LogP contribution is -2.55. The van der Waals surface area contributed by atoms with Gasteiger partial charge in [-0.3, -0.25) is 19.2 Å². The van der Waals surface area contributed by atoms with Crippen molar-refractivity contribution in [1.82, 2.24) is 10.6 Å². The van der Waals surface area contributed by atoms with Crippen molar-refractivity contribution >= 4 is 45.7 Å². The molecule has 0 aliphatic carbocycles. The van der Waals surface area contributed by atoms with Gasteiger partial charge in [0.1, 0.15) is 6.04 Å². The summed E-state index contributed by atoms with van der Waals surface area (Å²) in [6.07, 6.45) is 0. The van der Waals surface area contributed by atoms with E-state index in [1.54, 1.807) is 48.0 Å². The number of benzene rings is 4. The Labute approximate surface area is 245 Å². The molecule has 0 saturated heterocycles. The molecule has 0 spiro atoms. The first-order chi connectivity index (χ1) is 20.2. The molecule has 0 unspecified atom stereocenters. The number of carbonyl (C=O) groups is 4. The number of fused-ring (bicyclic) bond motifs is 2. The van der Waals surface area contributed by atoms with Crippen LogP contribution >= 0.6 is 0 Å². The van der Waals surface area contributed by atoms with E-state index in [0.717, 1.165) is 21.9 Å². The molecule has 5 rings (SSSR count). The van der Waals surface area contributed by atoms with Crippen molar-refractivity contribution in [3.8, 4) is 0 Å². The van der Waals surface area contributed by atoms with Gasteiger partial charge in [-0.1, -0.05) is 60.7 Å². The number of ketones is 1. The summed E-state index contributed by atoms with van der Waals surface area (Å²) in [7, 11) is 1.67. The molecule has 3 amide bonds. The Kier molecular flexibility index (Phi) is 8.17. The van der Waals surface area contributed by atoms with Crippen LogP contribution in [0.1, 0.15) is 45.7 Å². The molecule has 214 valence electrons. The van der Waals surface area contributed by atoms with Crippen LogP contribution in [0.25, 0.3) is 10.8 Å². The molecule has 1 aliphatic heterocycles. The van der Waals surface area contributed by atoms with Crippen molar-refractivity contribution < 1.29 is 19.2 Å². The van der Waals surface area contributed by atoms with Crippen LogP contribution < -0.4 is 20.4 Å². The van der Waals surface area contributed by atoms with Gasteiger partial charge < -0.3 is 20.4 Å². The first-order valence-corrected chi connectivity index (χ1v) is 14.0. The molecule has 8 nitrogen and oxygen atoms in total. The van der Waals surface area contributed by atoms with Crippen LogP contribution in [-0.4, -0.2) is 49.2 Å². The Balaban J connectivity index is 1.62. The number of carbonyl (C=O) groups excluding carboxylic acids is 4. The van der Waals surface area contributed by atoms with E-state index in [0.29, 0.717) is 22.5 Å².